The van der Waals surface area contributed by atoms with Crippen molar-refractivity contribution in [3.8, 4) is 22.3 Å². The molecule has 4 aromatic carbocycles. The zero-order valence-corrected chi connectivity index (χ0v) is 24.9. The second kappa shape index (κ2) is 5.24. The first kappa shape index (κ1) is 20.7. The first-order valence-corrected chi connectivity index (χ1v) is 16.6. The Morgan fingerprint density at radius 1 is 0.690 bits per heavy atom. The summed E-state index contributed by atoms with van der Waals surface area (Å²) < 4.78 is 2.29. The second-order valence-electron chi connectivity index (χ2n) is 17.6. The Labute approximate surface area is 246 Å². The number of likely N-dealkylation sites (tertiary alicyclic amines) is 2. The number of likely N-dealkylation sites (N-methyl/N-ethyl adjacent to an activating group) is 2. The Hall–Kier alpha value is -3.20. The molecule has 0 amide bonds. The molecule has 202 valence electrons. The van der Waals surface area contributed by atoms with Gasteiger partial charge in [-0.3, -0.25) is 0 Å². The standard InChI is InChI=1S/C40H34N2/c1-41(2)13-25-23-11-20-8-19-7-17-5-6-18-9-22-10-21-12-24(26(25)14-41)31-30(23)32-27(20)28(19)33-29(17)36(18)40-16-42(3,4)15-39(22,40)37(21)34(31)35(32)38(33)40/h5-7,9,11-12,18,25-26,36H,8,10,13-16H2,1-4H3/q+2. The predicted molar refractivity (Wildman–Crippen MR) is 168 cm³/mol. The van der Waals surface area contributed by atoms with E-state index in [1.165, 1.54) is 32.6 Å². The van der Waals surface area contributed by atoms with E-state index in [0.717, 1.165) is 15.4 Å². The lowest BCUT2D eigenvalue weighted by Crippen LogP contribution is -2.56. The molecule has 0 aromatic heterocycles. The molecule has 4 aromatic rings. The second-order valence-corrected chi connectivity index (χ2v) is 17.6. The minimum atomic E-state index is 0.160. The van der Waals surface area contributed by atoms with E-state index in [1.807, 2.05) is 11.1 Å². The average Bonchev–Trinajstić information content (AvgIpc) is 3.72. The minimum Gasteiger partial charge on any atom is -0.327 e. The molecule has 2 saturated heterocycles. The Kier molecular flexibility index (Phi) is 2.58. The van der Waals surface area contributed by atoms with Gasteiger partial charge in [-0.1, -0.05) is 42.0 Å². The zero-order valence-electron chi connectivity index (χ0n) is 24.9. The van der Waals surface area contributed by atoms with Gasteiger partial charge in [0.05, 0.1) is 65.2 Å². The fourth-order valence-electron chi connectivity index (χ4n) is 14.7. The first-order valence-electron chi connectivity index (χ1n) is 16.6. The summed E-state index contributed by atoms with van der Waals surface area (Å²) in [5.41, 5.74) is 24.5. The normalized spacial score (nSPS) is 37.6. The van der Waals surface area contributed by atoms with Gasteiger partial charge in [0.25, 0.3) is 0 Å². The van der Waals surface area contributed by atoms with Crippen LogP contribution in [0.5, 0.6) is 0 Å². The van der Waals surface area contributed by atoms with Crippen LogP contribution in [0.1, 0.15) is 67.8 Å². The number of fused-ring (bicyclic) bond motifs is 3. The molecule has 2 aliphatic heterocycles. The molecular weight excluding hydrogens is 508 g/mol. The Morgan fingerprint density at radius 3 is 2.31 bits per heavy atom. The third-order valence-electron chi connectivity index (χ3n) is 14.9. The van der Waals surface area contributed by atoms with E-state index in [-0.39, 0.29) is 10.8 Å². The van der Waals surface area contributed by atoms with Gasteiger partial charge >= 0.3 is 0 Å². The number of rotatable bonds is 0. The number of quaternary nitrogens is 2. The molecule has 8 aliphatic carbocycles. The molecule has 6 unspecified atom stereocenters. The van der Waals surface area contributed by atoms with Crippen LogP contribution in [0.2, 0.25) is 0 Å². The van der Waals surface area contributed by atoms with E-state index in [0.29, 0.717) is 23.7 Å². The summed E-state index contributed by atoms with van der Waals surface area (Å²) >= 11 is 0. The van der Waals surface area contributed by atoms with Crippen LogP contribution in [0.25, 0.3) is 49.9 Å². The maximum absolute atomic E-state index is 2.82. The van der Waals surface area contributed by atoms with Crippen LogP contribution in [0.4, 0.5) is 0 Å². The molecule has 2 fully saturated rings. The van der Waals surface area contributed by atoms with Crippen molar-refractivity contribution in [2.24, 2.45) is 5.92 Å². The maximum Gasteiger partial charge on any atom is 0.0930 e. The van der Waals surface area contributed by atoms with Crippen LogP contribution >= 0.6 is 0 Å². The molecule has 2 heteroatoms. The quantitative estimate of drug-likeness (QED) is 0.115. The van der Waals surface area contributed by atoms with E-state index in [4.69, 9.17) is 0 Å². The predicted octanol–water partition coefficient (Wildman–Crippen LogP) is 6.63. The molecule has 2 heterocycles. The Balaban J connectivity index is 1.33. The average molecular weight is 543 g/mol. The molecule has 6 atom stereocenters. The highest BCUT2D eigenvalue weighted by Crippen LogP contribution is 2.81. The minimum absolute atomic E-state index is 0.160. The zero-order chi connectivity index (χ0) is 27.2. The third kappa shape index (κ3) is 1.58. The van der Waals surface area contributed by atoms with Gasteiger partial charge in [-0.05, 0) is 107 Å². The summed E-state index contributed by atoms with van der Waals surface area (Å²) in [5.74, 6) is 2.43. The van der Waals surface area contributed by atoms with Gasteiger partial charge in [-0.2, -0.15) is 0 Å². The highest BCUT2D eigenvalue weighted by Gasteiger charge is 2.78. The number of allylic oxidation sites excluding steroid dienone is 2. The molecule has 0 bridgehead atoms. The van der Waals surface area contributed by atoms with E-state index >= 15 is 0 Å². The summed E-state index contributed by atoms with van der Waals surface area (Å²) in [5, 5.41) is 6.82. The highest BCUT2D eigenvalue weighted by molar-refractivity contribution is 6.32. The van der Waals surface area contributed by atoms with Crippen molar-refractivity contribution in [2.75, 3.05) is 54.4 Å². The molecule has 14 rings (SSSR count). The van der Waals surface area contributed by atoms with Gasteiger partial charge < -0.3 is 8.97 Å². The first-order chi connectivity index (χ1) is 20.2. The van der Waals surface area contributed by atoms with Crippen LogP contribution in [0, 0.1) is 5.92 Å². The van der Waals surface area contributed by atoms with Crippen molar-refractivity contribution in [3.05, 3.63) is 86.0 Å². The maximum atomic E-state index is 2.82. The van der Waals surface area contributed by atoms with E-state index in [9.17, 15) is 0 Å². The van der Waals surface area contributed by atoms with Gasteiger partial charge in [0, 0.05) is 23.7 Å². The van der Waals surface area contributed by atoms with Crippen molar-refractivity contribution in [1.29, 1.82) is 0 Å². The molecule has 2 spiro atoms. The topological polar surface area (TPSA) is 0 Å². The van der Waals surface area contributed by atoms with Gasteiger partial charge in [0.15, 0.2) is 0 Å². The van der Waals surface area contributed by atoms with E-state index in [1.54, 1.807) is 88.3 Å². The summed E-state index contributed by atoms with van der Waals surface area (Å²) in [6, 6.07) is 8.22. The molecule has 10 aliphatic rings. The highest BCUT2D eigenvalue weighted by atomic mass is 15.4. The van der Waals surface area contributed by atoms with Crippen LogP contribution in [-0.4, -0.2) is 63.3 Å². The molecule has 2 nitrogen and oxygen atoms in total. The summed E-state index contributed by atoms with van der Waals surface area (Å²) in [4.78, 5) is 0. The number of hydrogen-bond acceptors (Lipinski definition) is 0. The summed E-state index contributed by atoms with van der Waals surface area (Å²) in [7, 11) is 10.1. The summed E-state index contributed by atoms with van der Waals surface area (Å²) in [6.07, 6.45) is 10.3. The molecule has 0 radical (unpaired) electrons. The van der Waals surface area contributed by atoms with Crippen LogP contribution < -0.4 is 0 Å². The lowest BCUT2D eigenvalue weighted by atomic mass is 9.45. The van der Waals surface area contributed by atoms with Crippen LogP contribution in [-0.2, 0) is 23.7 Å². The number of nitrogens with zero attached hydrogens (tertiary/aromatic N) is 2. The Bertz CT molecular complexity index is 2340. The van der Waals surface area contributed by atoms with Gasteiger partial charge in [-0.25, -0.2) is 0 Å². The monoisotopic (exact) mass is 542 g/mol. The van der Waals surface area contributed by atoms with Gasteiger partial charge in [0.1, 0.15) is 0 Å². The van der Waals surface area contributed by atoms with Crippen LogP contribution in [0.15, 0.2) is 35.9 Å². The lowest BCUT2D eigenvalue weighted by Gasteiger charge is -2.53. The van der Waals surface area contributed by atoms with Crippen molar-refractivity contribution in [1.82, 2.24) is 0 Å². The number of hydrogen-bond donors (Lipinski definition) is 0. The van der Waals surface area contributed by atoms with Gasteiger partial charge in [0.2, 0.25) is 0 Å². The molecule has 42 heavy (non-hydrogen) atoms. The summed E-state index contributed by atoms with van der Waals surface area (Å²) in [6.45, 7) is 5.11. The van der Waals surface area contributed by atoms with E-state index < -0.39 is 0 Å². The van der Waals surface area contributed by atoms with Crippen molar-refractivity contribution >= 4 is 27.6 Å². The molecule has 0 saturated carbocycles. The fourth-order valence-corrected chi connectivity index (χ4v) is 14.7. The Morgan fingerprint density at radius 2 is 1.45 bits per heavy atom. The van der Waals surface area contributed by atoms with Gasteiger partial charge in [-0.15, -0.1) is 0 Å². The van der Waals surface area contributed by atoms with Crippen molar-refractivity contribution in [3.63, 3.8) is 0 Å². The van der Waals surface area contributed by atoms with Crippen molar-refractivity contribution < 1.29 is 8.97 Å². The SMILES string of the molecule is C[N+]1(C)CC2c3cc4c5c6c3-c3c(cc7c8c3c-6c3c6c9c(cc(c68)C7)C=CC6C=C(C4)C54C[N+](C)(C)CC34C96)C2C1. The number of benzene rings is 4. The fraction of sp³-hybridized carbons (Fsp3) is 0.400. The van der Waals surface area contributed by atoms with Crippen molar-refractivity contribution in [2.45, 2.75) is 41.4 Å². The lowest BCUT2D eigenvalue weighted by molar-refractivity contribution is -0.881. The molecular formula is C40H34N2+2. The largest absolute Gasteiger partial charge is 0.327 e. The molecule has 0 N–H and O–H groups in total. The van der Waals surface area contributed by atoms with Crippen LogP contribution in [0.3, 0.4) is 0 Å². The smallest absolute Gasteiger partial charge is 0.0930 e. The third-order valence-corrected chi connectivity index (χ3v) is 14.9. The van der Waals surface area contributed by atoms with E-state index in [2.05, 4.69) is 64.6 Å².